The van der Waals surface area contributed by atoms with Crippen molar-refractivity contribution in [1.29, 1.82) is 0 Å². The van der Waals surface area contributed by atoms with E-state index in [1.807, 2.05) is 37.3 Å². The van der Waals surface area contributed by atoms with Gasteiger partial charge in [-0.2, -0.15) is 0 Å². The highest BCUT2D eigenvalue weighted by atomic mass is 16.3. The van der Waals surface area contributed by atoms with Crippen molar-refractivity contribution in [2.45, 2.75) is 37.9 Å². The molecule has 6 heteroatoms. The van der Waals surface area contributed by atoms with Gasteiger partial charge in [0.1, 0.15) is 5.76 Å². The maximum Gasteiger partial charge on any atom is 0.319 e. The first kappa shape index (κ1) is 16.5. The number of aliphatic hydroxyl groups is 1. The number of carbonyl (C=O) groups is 1. The van der Waals surface area contributed by atoms with Gasteiger partial charge >= 0.3 is 6.03 Å². The van der Waals surface area contributed by atoms with Crippen LogP contribution in [0.1, 0.15) is 43.2 Å². The molecule has 1 aromatic carbocycles. The lowest BCUT2D eigenvalue weighted by Gasteiger charge is -2.20. The van der Waals surface area contributed by atoms with E-state index in [0.717, 1.165) is 24.1 Å². The quantitative estimate of drug-likeness (QED) is 0.629. The first-order valence-corrected chi connectivity index (χ1v) is 8.23. The number of hydrogen-bond acceptors (Lipinski definition) is 4. The lowest BCUT2D eigenvalue weighted by atomic mass is 10.1. The summed E-state index contributed by atoms with van der Waals surface area (Å²) in [5.74, 6) is 0.708. The van der Waals surface area contributed by atoms with Crippen LogP contribution in [-0.4, -0.2) is 23.8 Å². The van der Waals surface area contributed by atoms with E-state index in [2.05, 4.69) is 16.0 Å². The van der Waals surface area contributed by atoms with Crippen LogP contribution in [0.3, 0.4) is 0 Å². The van der Waals surface area contributed by atoms with E-state index < -0.39 is 0 Å². The van der Waals surface area contributed by atoms with Crippen LogP contribution in [-0.2, 0) is 0 Å². The van der Waals surface area contributed by atoms with Gasteiger partial charge in [-0.25, -0.2) is 4.79 Å². The van der Waals surface area contributed by atoms with Gasteiger partial charge in [0, 0.05) is 17.8 Å². The Bertz CT molecular complexity index is 651. The molecule has 1 aliphatic rings. The summed E-state index contributed by atoms with van der Waals surface area (Å²) >= 11 is 0. The third-order valence-corrected chi connectivity index (χ3v) is 4.10. The van der Waals surface area contributed by atoms with E-state index in [4.69, 9.17) is 4.42 Å². The Balaban J connectivity index is 1.56. The molecule has 1 fully saturated rings. The van der Waals surface area contributed by atoms with E-state index in [0.29, 0.717) is 11.8 Å². The van der Waals surface area contributed by atoms with Gasteiger partial charge in [-0.15, -0.1) is 0 Å². The van der Waals surface area contributed by atoms with Gasteiger partial charge in [0.05, 0.1) is 18.9 Å². The molecule has 2 unspecified atom stereocenters. The van der Waals surface area contributed by atoms with Gasteiger partial charge < -0.3 is 20.2 Å². The second-order valence-electron chi connectivity index (χ2n) is 6.13. The van der Waals surface area contributed by atoms with Crippen molar-refractivity contribution in [3.05, 3.63) is 54.0 Å². The minimum Gasteiger partial charge on any atom is -0.468 e. The predicted octanol–water partition coefficient (Wildman–Crippen LogP) is 2.95. The van der Waals surface area contributed by atoms with Crippen LogP contribution < -0.4 is 16.0 Å². The average molecular weight is 329 g/mol. The third kappa shape index (κ3) is 4.37. The lowest BCUT2D eigenvalue weighted by Crippen LogP contribution is -2.30. The molecule has 0 spiro atoms. The first-order valence-electron chi connectivity index (χ1n) is 8.23. The average Bonchev–Trinajstić information content (AvgIpc) is 3.22. The van der Waals surface area contributed by atoms with Gasteiger partial charge in [0.2, 0.25) is 0 Å². The summed E-state index contributed by atoms with van der Waals surface area (Å²) in [6, 6.07) is 11.3. The standard InChI is InChI=1S/C18H23N3O3/c1-12(19-16(11-22)17-3-2-10-24-17)13-4-6-14(7-5-13)20-18(23)21-15-8-9-15/h2-7,10,12,15-16,19,22H,8-9,11H2,1H3,(H2,20,21,23). The van der Waals surface area contributed by atoms with E-state index in [1.165, 1.54) is 0 Å². The normalized spacial score (nSPS) is 16.4. The zero-order valence-electron chi connectivity index (χ0n) is 13.7. The maximum atomic E-state index is 11.7. The number of nitrogens with one attached hydrogen (secondary N) is 3. The topological polar surface area (TPSA) is 86.5 Å². The van der Waals surface area contributed by atoms with Gasteiger partial charge in [-0.05, 0) is 49.6 Å². The first-order chi connectivity index (χ1) is 11.7. The molecular weight excluding hydrogens is 306 g/mol. The van der Waals surface area contributed by atoms with Crippen LogP contribution in [0, 0.1) is 0 Å². The van der Waals surface area contributed by atoms with Gasteiger partial charge in [0.15, 0.2) is 0 Å². The number of carbonyl (C=O) groups excluding carboxylic acids is 1. The number of urea groups is 1. The number of furan rings is 1. The fourth-order valence-corrected chi connectivity index (χ4v) is 2.55. The van der Waals surface area contributed by atoms with Crippen molar-refractivity contribution < 1.29 is 14.3 Å². The Labute approximate surface area is 141 Å². The van der Waals surface area contributed by atoms with Crippen molar-refractivity contribution >= 4 is 11.7 Å². The Morgan fingerprint density at radius 1 is 1.29 bits per heavy atom. The van der Waals surface area contributed by atoms with E-state index in [9.17, 15) is 9.90 Å². The summed E-state index contributed by atoms with van der Waals surface area (Å²) in [6.07, 6.45) is 3.73. The van der Waals surface area contributed by atoms with Crippen molar-refractivity contribution in [2.75, 3.05) is 11.9 Å². The van der Waals surface area contributed by atoms with Crippen LogP contribution >= 0.6 is 0 Å². The Kier molecular flexibility index (Phi) is 5.17. The SMILES string of the molecule is CC(NC(CO)c1ccco1)c1ccc(NC(=O)NC2CC2)cc1. The summed E-state index contributed by atoms with van der Waals surface area (Å²) < 4.78 is 5.35. The molecule has 1 aromatic heterocycles. The molecule has 0 saturated heterocycles. The third-order valence-electron chi connectivity index (χ3n) is 4.10. The number of hydrogen-bond donors (Lipinski definition) is 4. The molecule has 0 bridgehead atoms. The monoisotopic (exact) mass is 329 g/mol. The zero-order chi connectivity index (χ0) is 16.9. The van der Waals surface area contributed by atoms with Crippen LogP contribution in [0.4, 0.5) is 10.5 Å². The second kappa shape index (κ2) is 7.51. The van der Waals surface area contributed by atoms with Crippen LogP contribution in [0.25, 0.3) is 0 Å². The molecule has 0 radical (unpaired) electrons. The lowest BCUT2D eigenvalue weighted by molar-refractivity contribution is 0.217. The Hall–Kier alpha value is -2.31. The fourth-order valence-electron chi connectivity index (χ4n) is 2.55. The summed E-state index contributed by atoms with van der Waals surface area (Å²) in [7, 11) is 0. The van der Waals surface area contributed by atoms with E-state index in [1.54, 1.807) is 12.3 Å². The van der Waals surface area contributed by atoms with Gasteiger partial charge in [0.25, 0.3) is 0 Å². The summed E-state index contributed by atoms with van der Waals surface area (Å²) in [5.41, 5.74) is 1.82. The second-order valence-corrected chi connectivity index (χ2v) is 6.13. The minimum absolute atomic E-state index is 0.0293. The molecule has 0 aliphatic heterocycles. The highest BCUT2D eigenvalue weighted by molar-refractivity contribution is 5.89. The van der Waals surface area contributed by atoms with Crippen LogP contribution in [0.2, 0.25) is 0 Å². The minimum atomic E-state index is -0.253. The number of amides is 2. The molecule has 1 heterocycles. The van der Waals surface area contributed by atoms with Gasteiger partial charge in [-0.3, -0.25) is 5.32 Å². The highest BCUT2D eigenvalue weighted by Gasteiger charge is 2.23. The molecule has 3 rings (SSSR count). The summed E-state index contributed by atoms with van der Waals surface area (Å²) in [6.45, 7) is 1.98. The van der Waals surface area contributed by atoms with E-state index >= 15 is 0 Å². The van der Waals surface area contributed by atoms with Gasteiger partial charge in [-0.1, -0.05) is 12.1 Å². The molecule has 24 heavy (non-hydrogen) atoms. The highest BCUT2D eigenvalue weighted by Crippen LogP contribution is 2.22. The number of anilines is 1. The van der Waals surface area contributed by atoms with E-state index in [-0.39, 0.29) is 24.7 Å². The molecule has 4 N–H and O–H groups in total. The number of benzene rings is 1. The molecule has 1 saturated carbocycles. The summed E-state index contributed by atoms with van der Waals surface area (Å²) in [4.78, 5) is 11.7. The maximum absolute atomic E-state index is 11.7. The number of rotatable bonds is 7. The largest absolute Gasteiger partial charge is 0.468 e. The Morgan fingerprint density at radius 3 is 2.62 bits per heavy atom. The van der Waals surface area contributed by atoms with Crippen molar-refractivity contribution in [2.24, 2.45) is 0 Å². The van der Waals surface area contributed by atoms with Crippen molar-refractivity contribution in [3.8, 4) is 0 Å². The zero-order valence-corrected chi connectivity index (χ0v) is 13.7. The smallest absolute Gasteiger partial charge is 0.319 e. The molecular formula is C18H23N3O3. The summed E-state index contributed by atoms with van der Waals surface area (Å²) in [5, 5.41) is 18.6. The van der Waals surface area contributed by atoms with Crippen molar-refractivity contribution in [1.82, 2.24) is 10.6 Å². The molecule has 1 aliphatic carbocycles. The van der Waals surface area contributed by atoms with Crippen molar-refractivity contribution in [3.63, 3.8) is 0 Å². The predicted molar refractivity (Wildman–Crippen MR) is 91.7 cm³/mol. The van der Waals surface area contributed by atoms with Crippen LogP contribution in [0.5, 0.6) is 0 Å². The number of aliphatic hydroxyl groups excluding tert-OH is 1. The molecule has 2 amide bonds. The molecule has 2 aromatic rings. The molecule has 6 nitrogen and oxygen atoms in total. The molecule has 128 valence electrons. The fraction of sp³-hybridized carbons (Fsp3) is 0.389. The molecule has 2 atom stereocenters. The Morgan fingerprint density at radius 2 is 2.04 bits per heavy atom. The van der Waals surface area contributed by atoms with Crippen LogP contribution in [0.15, 0.2) is 47.1 Å².